The molecule has 52 heavy (non-hydrogen) atoms. The van der Waals surface area contributed by atoms with E-state index < -0.39 is 0 Å². The van der Waals surface area contributed by atoms with Gasteiger partial charge in [-0.25, -0.2) is 19.9 Å². The van der Waals surface area contributed by atoms with Crippen LogP contribution < -0.4 is 0 Å². The first-order chi connectivity index (χ1) is 25.7. The van der Waals surface area contributed by atoms with Gasteiger partial charge in [0.25, 0.3) is 0 Å². The molecule has 0 fully saturated rings. The van der Waals surface area contributed by atoms with Gasteiger partial charge < -0.3 is 0 Å². The highest BCUT2D eigenvalue weighted by molar-refractivity contribution is 6.04. The molecule has 0 aliphatic rings. The van der Waals surface area contributed by atoms with Crippen LogP contribution in [0.15, 0.2) is 182 Å². The number of aromatic nitrogens is 4. The van der Waals surface area contributed by atoms with Crippen molar-refractivity contribution in [2.24, 2.45) is 0 Å². The fraction of sp³-hybridized carbons (Fsp3) is 0. The van der Waals surface area contributed by atoms with Crippen molar-refractivity contribution >= 4 is 43.6 Å². The molecule has 0 atom stereocenters. The number of pyridine rings is 4. The topological polar surface area (TPSA) is 51.6 Å². The lowest BCUT2D eigenvalue weighted by Gasteiger charge is -2.09. The average molecular weight is 663 g/mol. The molecule has 0 spiro atoms. The minimum Gasteiger partial charge on any atom is -0.248 e. The fourth-order valence-corrected chi connectivity index (χ4v) is 7.04. The molecule has 0 N–H and O–H groups in total. The Balaban J connectivity index is 0.952. The zero-order chi connectivity index (χ0) is 34.4. The smallest absolute Gasteiger partial charge is 0.0972 e. The van der Waals surface area contributed by atoms with Crippen LogP contribution in [0, 0.1) is 0 Å². The molecule has 4 heteroatoms. The van der Waals surface area contributed by atoms with E-state index in [1.54, 1.807) is 0 Å². The zero-order valence-corrected chi connectivity index (χ0v) is 28.1. The number of benzene rings is 6. The number of fused-ring (bicyclic) bond motifs is 5. The molecule has 0 radical (unpaired) electrons. The SMILES string of the molecule is c1ccc(-c2ccc3nc(-c4ccc5ccc(-c6ccc(-c7ccc8ccc9ccc(-c%10ccccc%10)nc9c8n7)cc6)nc5c4)ccc3c2)cc1. The first-order valence-electron chi connectivity index (χ1n) is 17.5. The Morgan fingerprint density at radius 2 is 0.654 bits per heavy atom. The summed E-state index contributed by atoms with van der Waals surface area (Å²) in [5.74, 6) is 0. The molecule has 4 heterocycles. The van der Waals surface area contributed by atoms with E-state index in [2.05, 4.69) is 158 Å². The lowest BCUT2D eigenvalue weighted by Crippen LogP contribution is -1.91. The number of hydrogen-bond acceptors (Lipinski definition) is 4. The van der Waals surface area contributed by atoms with Crippen LogP contribution in [0.5, 0.6) is 0 Å². The molecule has 4 nitrogen and oxygen atoms in total. The molecule has 0 amide bonds. The first kappa shape index (κ1) is 29.8. The average Bonchev–Trinajstić information content (AvgIpc) is 3.23. The van der Waals surface area contributed by atoms with Crippen molar-refractivity contribution in [3.8, 4) is 56.2 Å². The Kier molecular flexibility index (Phi) is 7.10. The molecule has 6 aromatic carbocycles. The van der Waals surface area contributed by atoms with E-state index in [-0.39, 0.29) is 0 Å². The summed E-state index contributed by atoms with van der Waals surface area (Å²) in [5.41, 5.74) is 14.1. The van der Waals surface area contributed by atoms with Gasteiger partial charge in [0.15, 0.2) is 0 Å². The van der Waals surface area contributed by atoms with Gasteiger partial charge in [-0.15, -0.1) is 0 Å². The van der Waals surface area contributed by atoms with E-state index in [9.17, 15) is 0 Å². The molecule has 242 valence electrons. The van der Waals surface area contributed by atoms with Gasteiger partial charge in [0.2, 0.25) is 0 Å². The predicted octanol–water partition coefficient (Wildman–Crippen LogP) is 12.2. The molecule has 4 aromatic heterocycles. The maximum absolute atomic E-state index is 5.14. The molecule has 0 aliphatic heterocycles. The maximum Gasteiger partial charge on any atom is 0.0972 e. The minimum absolute atomic E-state index is 0.904. The first-order valence-corrected chi connectivity index (χ1v) is 17.5. The number of hydrogen-bond donors (Lipinski definition) is 0. The summed E-state index contributed by atoms with van der Waals surface area (Å²) in [7, 11) is 0. The highest BCUT2D eigenvalue weighted by Crippen LogP contribution is 2.32. The summed E-state index contributed by atoms with van der Waals surface area (Å²) >= 11 is 0. The van der Waals surface area contributed by atoms with Crippen LogP contribution in [0.25, 0.3) is 99.8 Å². The van der Waals surface area contributed by atoms with Crippen molar-refractivity contribution in [1.29, 1.82) is 0 Å². The summed E-state index contributed by atoms with van der Waals surface area (Å²) < 4.78 is 0. The molecular formula is C48H30N4. The van der Waals surface area contributed by atoms with Gasteiger partial charge in [0.1, 0.15) is 0 Å². The normalized spacial score (nSPS) is 11.5. The molecule has 0 bridgehead atoms. The Hall–Kier alpha value is -7.04. The number of rotatable bonds is 5. The second-order valence-electron chi connectivity index (χ2n) is 13.1. The lowest BCUT2D eigenvalue weighted by molar-refractivity contribution is 1.36. The van der Waals surface area contributed by atoms with Gasteiger partial charge >= 0.3 is 0 Å². The third-order valence-corrected chi connectivity index (χ3v) is 9.85. The summed E-state index contributed by atoms with van der Waals surface area (Å²) in [6, 6.07) is 63.3. The van der Waals surface area contributed by atoms with E-state index in [0.717, 1.165) is 88.6 Å². The summed E-state index contributed by atoms with van der Waals surface area (Å²) in [4.78, 5) is 20.3. The molecule has 0 aliphatic carbocycles. The number of nitrogens with zero attached hydrogens (tertiary/aromatic N) is 4. The Bertz CT molecular complexity index is 2940. The fourth-order valence-electron chi connectivity index (χ4n) is 7.04. The second-order valence-corrected chi connectivity index (χ2v) is 13.1. The van der Waals surface area contributed by atoms with E-state index in [4.69, 9.17) is 19.9 Å². The van der Waals surface area contributed by atoms with E-state index in [1.165, 1.54) is 11.1 Å². The molecule has 0 saturated heterocycles. The Morgan fingerprint density at radius 3 is 1.29 bits per heavy atom. The maximum atomic E-state index is 5.14. The van der Waals surface area contributed by atoms with Crippen LogP contribution in [-0.2, 0) is 0 Å². The van der Waals surface area contributed by atoms with Crippen molar-refractivity contribution in [3.05, 3.63) is 182 Å². The molecule has 10 rings (SSSR count). The monoisotopic (exact) mass is 662 g/mol. The van der Waals surface area contributed by atoms with E-state index in [1.807, 2.05) is 24.3 Å². The van der Waals surface area contributed by atoms with Gasteiger partial charge in [0.05, 0.1) is 44.8 Å². The molecule has 0 unspecified atom stereocenters. The third-order valence-electron chi connectivity index (χ3n) is 9.85. The van der Waals surface area contributed by atoms with Gasteiger partial charge in [-0.2, -0.15) is 0 Å². The quantitative estimate of drug-likeness (QED) is 0.172. The van der Waals surface area contributed by atoms with Crippen LogP contribution in [-0.4, -0.2) is 19.9 Å². The lowest BCUT2D eigenvalue weighted by atomic mass is 10.0. The largest absolute Gasteiger partial charge is 0.248 e. The van der Waals surface area contributed by atoms with E-state index >= 15 is 0 Å². The Labute approximate surface area is 300 Å². The molecular weight excluding hydrogens is 633 g/mol. The van der Waals surface area contributed by atoms with Crippen molar-refractivity contribution in [3.63, 3.8) is 0 Å². The van der Waals surface area contributed by atoms with Crippen molar-refractivity contribution < 1.29 is 0 Å². The standard InChI is InChI=1S/C48H30N4/c1-3-7-31(8-4-1)38-22-27-44-39(29-38)23-28-45(49-44)40-18-15-35-19-24-41(50-46(35)30-40)33-11-13-34(14-12-33)43-26-21-37-17-16-36-20-25-42(32-9-5-2-6-10-32)51-47(36)48(37)52-43/h1-30H. The Morgan fingerprint density at radius 1 is 0.231 bits per heavy atom. The summed E-state index contributed by atoms with van der Waals surface area (Å²) in [6.45, 7) is 0. The molecule has 0 saturated carbocycles. The van der Waals surface area contributed by atoms with E-state index in [0.29, 0.717) is 0 Å². The van der Waals surface area contributed by atoms with Crippen LogP contribution in [0.3, 0.4) is 0 Å². The highest BCUT2D eigenvalue weighted by atomic mass is 14.8. The third kappa shape index (κ3) is 5.44. The van der Waals surface area contributed by atoms with Crippen LogP contribution in [0.1, 0.15) is 0 Å². The van der Waals surface area contributed by atoms with Gasteiger partial charge in [-0.05, 0) is 53.6 Å². The van der Waals surface area contributed by atoms with Gasteiger partial charge in [-0.3, -0.25) is 0 Å². The van der Waals surface area contributed by atoms with Gasteiger partial charge in [-0.1, -0.05) is 140 Å². The van der Waals surface area contributed by atoms with Crippen molar-refractivity contribution in [2.45, 2.75) is 0 Å². The van der Waals surface area contributed by atoms with Crippen LogP contribution >= 0.6 is 0 Å². The summed E-state index contributed by atoms with van der Waals surface area (Å²) in [6.07, 6.45) is 0. The predicted molar refractivity (Wildman–Crippen MR) is 215 cm³/mol. The highest BCUT2D eigenvalue weighted by Gasteiger charge is 2.11. The minimum atomic E-state index is 0.904. The van der Waals surface area contributed by atoms with Crippen molar-refractivity contribution in [1.82, 2.24) is 19.9 Å². The summed E-state index contributed by atoms with van der Waals surface area (Å²) in [5, 5.41) is 4.36. The zero-order valence-electron chi connectivity index (χ0n) is 28.1. The molecule has 10 aromatic rings. The van der Waals surface area contributed by atoms with Crippen LogP contribution in [0.4, 0.5) is 0 Å². The van der Waals surface area contributed by atoms with Crippen LogP contribution in [0.2, 0.25) is 0 Å². The van der Waals surface area contributed by atoms with Crippen molar-refractivity contribution in [2.75, 3.05) is 0 Å². The van der Waals surface area contributed by atoms with Gasteiger partial charge in [0, 0.05) is 43.8 Å². The second kappa shape index (κ2) is 12.4.